The summed E-state index contributed by atoms with van der Waals surface area (Å²) in [7, 11) is 0. The van der Waals surface area contributed by atoms with Crippen LogP contribution in [-0.2, 0) is 9.47 Å². The molecule has 0 aliphatic carbocycles. The normalized spacial score (nSPS) is 14.8. The van der Waals surface area contributed by atoms with E-state index in [1.54, 1.807) is 12.1 Å². The fraction of sp³-hybridized carbons (Fsp3) is 0.400. The highest BCUT2D eigenvalue weighted by molar-refractivity contribution is 6.21. The van der Waals surface area contributed by atoms with E-state index in [2.05, 4.69) is 13.8 Å². The number of unbranched alkanes of at least 4 members (excludes halogenated alkanes) is 1. The maximum absolute atomic E-state index is 12.0. The van der Waals surface area contributed by atoms with Crippen molar-refractivity contribution in [2.45, 2.75) is 45.6 Å². The highest BCUT2D eigenvalue weighted by atomic mass is 16.6. The van der Waals surface area contributed by atoms with Gasteiger partial charge in [0.2, 0.25) is 0 Å². The molecule has 0 spiro atoms. The summed E-state index contributed by atoms with van der Waals surface area (Å²) in [6.07, 6.45) is 3.98. The van der Waals surface area contributed by atoms with Crippen LogP contribution in [0.15, 0.2) is 30.3 Å². The van der Waals surface area contributed by atoms with Crippen molar-refractivity contribution in [3.05, 3.63) is 47.0 Å². The monoisotopic (exact) mass is 326 g/mol. The Balaban J connectivity index is 2.11. The van der Waals surface area contributed by atoms with E-state index in [-0.39, 0.29) is 6.10 Å². The number of rotatable bonds is 7. The zero-order chi connectivity index (χ0) is 17.1. The van der Waals surface area contributed by atoms with Gasteiger partial charge in [-0.3, -0.25) is 0 Å². The molecule has 1 aliphatic heterocycles. The molecule has 2 aromatic carbocycles. The van der Waals surface area contributed by atoms with Crippen LogP contribution in [0.25, 0.3) is 10.8 Å². The number of cyclic esters (lactones) is 2. The predicted molar refractivity (Wildman–Crippen MR) is 92.2 cm³/mol. The van der Waals surface area contributed by atoms with Gasteiger partial charge in [-0.15, -0.1) is 0 Å². The van der Waals surface area contributed by atoms with Gasteiger partial charge < -0.3 is 9.47 Å². The molecule has 1 unspecified atom stereocenters. The zero-order valence-electron chi connectivity index (χ0n) is 14.1. The van der Waals surface area contributed by atoms with Gasteiger partial charge in [0.15, 0.2) is 0 Å². The maximum Gasteiger partial charge on any atom is 0.346 e. The topological polar surface area (TPSA) is 52.6 Å². The molecule has 0 aromatic heterocycles. The van der Waals surface area contributed by atoms with E-state index in [1.807, 2.05) is 18.2 Å². The molecule has 0 N–H and O–H groups in total. The molecule has 3 rings (SSSR count). The summed E-state index contributed by atoms with van der Waals surface area (Å²) in [6.45, 7) is 4.98. The Kier molecular flexibility index (Phi) is 4.95. The first-order chi connectivity index (χ1) is 11.7. The molecule has 0 fully saturated rings. The Morgan fingerprint density at radius 2 is 1.75 bits per heavy atom. The number of carbonyl (C=O) groups is 2. The lowest BCUT2D eigenvalue weighted by molar-refractivity contribution is 0.0388. The van der Waals surface area contributed by atoms with Gasteiger partial charge in [0.1, 0.15) is 0 Å². The predicted octanol–water partition coefficient (Wildman–Crippen LogP) is 4.81. The second-order valence-electron chi connectivity index (χ2n) is 6.11. The quantitative estimate of drug-likeness (QED) is 0.416. The minimum absolute atomic E-state index is 0.0288. The van der Waals surface area contributed by atoms with Crippen LogP contribution in [-0.4, -0.2) is 18.5 Å². The molecule has 1 atom stereocenters. The lowest BCUT2D eigenvalue weighted by Crippen LogP contribution is -2.20. The number of ether oxygens (including phenoxy) is 2. The molecule has 0 saturated carbocycles. The van der Waals surface area contributed by atoms with Crippen LogP contribution in [0.1, 0.15) is 71.9 Å². The SMILES string of the molecule is CCCCOC(CCC)c1ccc2c3c(cccc13)C(=O)OC2=O. The molecule has 0 bridgehead atoms. The molecule has 2 aromatic rings. The average Bonchev–Trinajstić information content (AvgIpc) is 2.58. The number of hydrogen-bond acceptors (Lipinski definition) is 4. The lowest BCUT2D eigenvalue weighted by atomic mass is 9.91. The summed E-state index contributed by atoms with van der Waals surface area (Å²) in [6, 6.07) is 9.18. The molecule has 1 heterocycles. The van der Waals surface area contributed by atoms with Gasteiger partial charge in [0, 0.05) is 12.0 Å². The Morgan fingerprint density at radius 3 is 2.46 bits per heavy atom. The smallest absolute Gasteiger partial charge is 0.346 e. The molecule has 4 nitrogen and oxygen atoms in total. The number of benzene rings is 2. The number of hydrogen-bond donors (Lipinski definition) is 0. The Bertz CT molecular complexity index is 758. The van der Waals surface area contributed by atoms with Crippen molar-refractivity contribution in [3.8, 4) is 0 Å². The van der Waals surface area contributed by atoms with Crippen molar-refractivity contribution in [2.75, 3.05) is 6.61 Å². The van der Waals surface area contributed by atoms with Crippen molar-refractivity contribution >= 4 is 22.7 Å². The second kappa shape index (κ2) is 7.14. The van der Waals surface area contributed by atoms with Crippen LogP contribution >= 0.6 is 0 Å². The van der Waals surface area contributed by atoms with Crippen molar-refractivity contribution in [2.24, 2.45) is 0 Å². The molecule has 4 heteroatoms. The van der Waals surface area contributed by atoms with Crippen LogP contribution < -0.4 is 0 Å². The Labute approximate surface area is 141 Å². The van der Waals surface area contributed by atoms with Crippen LogP contribution in [0.4, 0.5) is 0 Å². The summed E-state index contributed by atoms with van der Waals surface area (Å²) in [5, 5.41) is 1.60. The molecular weight excluding hydrogens is 304 g/mol. The Hall–Kier alpha value is -2.20. The Morgan fingerprint density at radius 1 is 1.00 bits per heavy atom. The molecule has 126 valence electrons. The third-order valence-corrected chi connectivity index (χ3v) is 4.41. The van der Waals surface area contributed by atoms with Gasteiger partial charge in [-0.25, -0.2) is 9.59 Å². The van der Waals surface area contributed by atoms with Gasteiger partial charge in [-0.05, 0) is 35.9 Å². The van der Waals surface area contributed by atoms with Crippen molar-refractivity contribution in [3.63, 3.8) is 0 Å². The summed E-state index contributed by atoms with van der Waals surface area (Å²) < 4.78 is 10.9. The molecular formula is C20H22O4. The maximum atomic E-state index is 12.0. The minimum Gasteiger partial charge on any atom is -0.386 e. The minimum atomic E-state index is -0.575. The van der Waals surface area contributed by atoms with E-state index < -0.39 is 11.9 Å². The highest BCUT2D eigenvalue weighted by Crippen LogP contribution is 2.36. The van der Waals surface area contributed by atoms with Gasteiger partial charge >= 0.3 is 11.9 Å². The van der Waals surface area contributed by atoms with E-state index in [4.69, 9.17) is 9.47 Å². The fourth-order valence-corrected chi connectivity index (χ4v) is 3.21. The first-order valence-corrected chi connectivity index (χ1v) is 8.61. The van der Waals surface area contributed by atoms with E-state index in [9.17, 15) is 9.59 Å². The first kappa shape index (κ1) is 16.7. The fourth-order valence-electron chi connectivity index (χ4n) is 3.21. The third-order valence-electron chi connectivity index (χ3n) is 4.41. The van der Waals surface area contributed by atoms with Gasteiger partial charge in [-0.1, -0.05) is 44.9 Å². The standard InChI is InChI=1S/C20H22O4/c1-3-5-12-23-17(7-4-2)13-10-11-16-18-14(13)8-6-9-15(18)19(21)24-20(16)22/h6,8-11,17H,3-5,7,12H2,1-2H3. The van der Waals surface area contributed by atoms with Crippen LogP contribution in [0, 0.1) is 0 Å². The molecule has 1 aliphatic rings. The lowest BCUT2D eigenvalue weighted by Gasteiger charge is -2.22. The summed E-state index contributed by atoms with van der Waals surface area (Å²) >= 11 is 0. The summed E-state index contributed by atoms with van der Waals surface area (Å²) in [5.74, 6) is -1.15. The first-order valence-electron chi connectivity index (χ1n) is 8.61. The van der Waals surface area contributed by atoms with Crippen LogP contribution in [0.3, 0.4) is 0 Å². The largest absolute Gasteiger partial charge is 0.386 e. The van der Waals surface area contributed by atoms with Crippen LogP contribution in [0.2, 0.25) is 0 Å². The molecule has 24 heavy (non-hydrogen) atoms. The molecule has 0 radical (unpaired) electrons. The summed E-state index contributed by atoms with van der Waals surface area (Å²) in [5.41, 5.74) is 1.94. The number of carbonyl (C=O) groups excluding carboxylic acids is 2. The van der Waals surface area contributed by atoms with E-state index in [1.165, 1.54) is 0 Å². The van der Waals surface area contributed by atoms with Gasteiger partial charge in [-0.2, -0.15) is 0 Å². The third kappa shape index (κ3) is 2.94. The second-order valence-corrected chi connectivity index (χ2v) is 6.11. The summed E-state index contributed by atoms with van der Waals surface area (Å²) in [4.78, 5) is 24.1. The number of esters is 2. The van der Waals surface area contributed by atoms with Gasteiger partial charge in [0.25, 0.3) is 0 Å². The van der Waals surface area contributed by atoms with E-state index >= 15 is 0 Å². The van der Waals surface area contributed by atoms with Crippen LogP contribution in [0.5, 0.6) is 0 Å². The van der Waals surface area contributed by atoms with E-state index in [0.717, 1.165) is 36.6 Å². The zero-order valence-corrected chi connectivity index (χ0v) is 14.1. The average molecular weight is 326 g/mol. The van der Waals surface area contributed by atoms with Crippen molar-refractivity contribution in [1.82, 2.24) is 0 Å². The molecule has 0 amide bonds. The highest BCUT2D eigenvalue weighted by Gasteiger charge is 2.29. The van der Waals surface area contributed by atoms with Crippen molar-refractivity contribution in [1.29, 1.82) is 0 Å². The molecule has 0 saturated heterocycles. The van der Waals surface area contributed by atoms with E-state index in [0.29, 0.717) is 23.1 Å². The van der Waals surface area contributed by atoms with Crippen molar-refractivity contribution < 1.29 is 19.1 Å². The van der Waals surface area contributed by atoms with Gasteiger partial charge in [0.05, 0.1) is 17.2 Å².